The van der Waals surface area contributed by atoms with Gasteiger partial charge in [-0.3, -0.25) is 4.79 Å². The van der Waals surface area contributed by atoms with Gasteiger partial charge in [-0.1, -0.05) is 34.7 Å². The quantitative estimate of drug-likeness (QED) is 0.771. The van der Waals surface area contributed by atoms with E-state index in [4.69, 9.17) is 16.3 Å². The van der Waals surface area contributed by atoms with E-state index < -0.39 is 0 Å². The van der Waals surface area contributed by atoms with E-state index in [0.717, 1.165) is 4.34 Å². The van der Waals surface area contributed by atoms with Crippen molar-refractivity contribution in [1.29, 1.82) is 0 Å². The molecule has 1 atom stereocenters. The lowest BCUT2D eigenvalue weighted by molar-refractivity contribution is -0.115. The lowest BCUT2D eigenvalue weighted by Crippen LogP contribution is -2.22. The van der Waals surface area contributed by atoms with Crippen molar-refractivity contribution in [1.82, 2.24) is 10.2 Å². The van der Waals surface area contributed by atoms with Crippen LogP contribution in [0.1, 0.15) is 6.92 Å². The van der Waals surface area contributed by atoms with E-state index in [1.165, 1.54) is 30.2 Å². The summed E-state index contributed by atoms with van der Waals surface area (Å²) in [5.74, 6) is 0.398. The number of hydrogen-bond acceptors (Lipinski definition) is 7. The van der Waals surface area contributed by atoms with Crippen molar-refractivity contribution in [3.8, 4) is 5.75 Å². The van der Waals surface area contributed by atoms with Crippen LogP contribution in [0.4, 0.5) is 10.8 Å². The standard InChI is InChI=1S/C13H15ClN4O2S2/c1-7(21-13-18-17-12(15-2)22-13)11(19)16-9-6-8(14)4-5-10(9)20-3/h4-7H,1-3H3,(H,15,17)(H,16,19)/t7-/m0/s1. The Morgan fingerprint density at radius 3 is 2.86 bits per heavy atom. The highest BCUT2D eigenvalue weighted by Gasteiger charge is 2.18. The number of ether oxygens (including phenoxy) is 1. The second kappa shape index (κ2) is 7.66. The Labute approximate surface area is 141 Å². The third-order valence-electron chi connectivity index (χ3n) is 2.69. The normalized spacial score (nSPS) is 11.8. The van der Waals surface area contributed by atoms with Crippen LogP contribution in [-0.2, 0) is 4.79 Å². The molecule has 0 saturated heterocycles. The van der Waals surface area contributed by atoms with Gasteiger partial charge >= 0.3 is 0 Å². The monoisotopic (exact) mass is 358 g/mol. The molecule has 1 amide bonds. The first-order valence-corrected chi connectivity index (χ1v) is 8.43. The predicted molar refractivity (Wildman–Crippen MR) is 91.4 cm³/mol. The van der Waals surface area contributed by atoms with Gasteiger partial charge in [-0.2, -0.15) is 0 Å². The lowest BCUT2D eigenvalue weighted by Gasteiger charge is -2.13. The molecule has 0 radical (unpaired) electrons. The van der Waals surface area contributed by atoms with Crippen LogP contribution in [-0.4, -0.2) is 35.5 Å². The SMILES string of the molecule is CNc1nnc(S[C@@H](C)C(=O)Nc2cc(Cl)ccc2OC)s1. The lowest BCUT2D eigenvalue weighted by atomic mass is 10.3. The summed E-state index contributed by atoms with van der Waals surface area (Å²) in [5, 5.41) is 14.6. The molecule has 2 aromatic rings. The van der Waals surface area contributed by atoms with Crippen LogP contribution in [0, 0.1) is 0 Å². The molecule has 0 unspecified atom stereocenters. The minimum atomic E-state index is -0.332. The summed E-state index contributed by atoms with van der Waals surface area (Å²) in [4.78, 5) is 12.3. The van der Waals surface area contributed by atoms with Crippen molar-refractivity contribution in [2.45, 2.75) is 16.5 Å². The maximum atomic E-state index is 12.3. The molecule has 0 spiro atoms. The molecule has 0 fully saturated rings. The van der Waals surface area contributed by atoms with Crippen molar-refractivity contribution < 1.29 is 9.53 Å². The van der Waals surface area contributed by atoms with E-state index in [0.29, 0.717) is 21.6 Å². The number of carbonyl (C=O) groups is 1. The molecule has 9 heteroatoms. The number of carbonyl (C=O) groups excluding carboxylic acids is 1. The van der Waals surface area contributed by atoms with Crippen molar-refractivity contribution in [2.24, 2.45) is 0 Å². The van der Waals surface area contributed by atoms with Crippen LogP contribution in [0.2, 0.25) is 5.02 Å². The molecule has 0 saturated carbocycles. The van der Waals surface area contributed by atoms with Crippen LogP contribution in [0.5, 0.6) is 5.75 Å². The van der Waals surface area contributed by atoms with Crippen LogP contribution in [0.3, 0.4) is 0 Å². The summed E-state index contributed by atoms with van der Waals surface area (Å²) in [7, 11) is 3.31. The second-order valence-corrected chi connectivity index (χ2v) is 7.22. The number of methoxy groups -OCH3 is 1. The summed E-state index contributed by atoms with van der Waals surface area (Å²) < 4.78 is 5.94. The number of rotatable bonds is 6. The Bertz CT molecular complexity index is 665. The molecular formula is C13H15ClN4O2S2. The fourth-order valence-electron chi connectivity index (χ4n) is 1.58. The van der Waals surface area contributed by atoms with E-state index in [1.54, 1.807) is 32.2 Å². The minimum Gasteiger partial charge on any atom is -0.495 e. The highest BCUT2D eigenvalue weighted by Crippen LogP contribution is 2.31. The van der Waals surface area contributed by atoms with Gasteiger partial charge in [0.25, 0.3) is 0 Å². The Kier molecular flexibility index (Phi) is 5.87. The highest BCUT2D eigenvalue weighted by atomic mass is 35.5. The highest BCUT2D eigenvalue weighted by molar-refractivity contribution is 8.02. The average Bonchev–Trinajstić information content (AvgIpc) is 2.95. The number of amides is 1. The molecule has 1 aromatic heterocycles. The van der Waals surface area contributed by atoms with Crippen molar-refractivity contribution in [3.63, 3.8) is 0 Å². The largest absolute Gasteiger partial charge is 0.495 e. The van der Waals surface area contributed by atoms with Crippen molar-refractivity contribution in [3.05, 3.63) is 23.2 Å². The summed E-state index contributed by atoms with van der Waals surface area (Å²) in [6, 6.07) is 5.06. The Morgan fingerprint density at radius 2 is 2.23 bits per heavy atom. The van der Waals surface area contributed by atoms with Crippen molar-refractivity contribution >= 4 is 51.4 Å². The van der Waals surface area contributed by atoms with Crippen LogP contribution in [0.15, 0.2) is 22.5 Å². The smallest absolute Gasteiger partial charge is 0.237 e. The van der Waals surface area contributed by atoms with Gasteiger partial charge in [0.1, 0.15) is 5.75 Å². The molecule has 0 bridgehead atoms. The molecule has 1 heterocycles. The molecule has 2 N–H and O–H groups in total. The molecule has 0 aliphatic heterocycles. The van der Waals surface area contributed by atoms with E-state index >= 15 is 0 Å². The third kappa shape index (κ3) is 4.25. The number of benzene rings is 1. The van der Waals surface area contributed by atoms with Crippen molar-refractivity contribution in [2.75, 3.05) is 24.8 Å². The number of thioether (sulfide) groups is 1. The van der Waals surface area contributed by atoms with Gasteiger partial charge in [-0.25, -0.2) is 0 Å². The summed E-state index contributed by atoms with van der Waals surface area (Å²) in [5.41, 5.74) is 0.542. The molecule has 0 aliphatic rings. The average molecular weight is 359 g/mol. The van der Waals surface area contributed by atoms with Gasteiger partial charge < -0.3 is 15.4 Å². The molecule has 118 valence electrons. The molecule has 22 heavy (non-hydrogen) atoms. The number of nitrogens with one attached hydrogen (secondary N) is 2. The topological polar surface area (TPSA) is 76.1 Å². The van der Waals surface area contributed by atoms with E-state index in [-0.39, 0.29) is 11.2 Å². The maximum absolute atomic E-state index is 12.3. The number of aromatic nitrogens is 2. The second-order valence-electron chi connectivity index (χ2n) is 4.22. The van der Waals surface area contributed by atoms with Gasteiger partial charge in [-0.05, 0) is 25.1 Å². The summed E-state index contributed by atoms with van der Waals surface area (Å²) in [6.45, 7) is 1.80. The first-order chi connectivity index (χ1) is 10.5. The number of anilines is 2. The van der Waals surface area contributed by atoms with Gasteiger partial charge in [0.05, 0.1) is 18.0 Å². The Balaban J connectivity index is 2.03. The minimum absolute atomic E-state index is 0.160. The van der Waals surface area contributed by atoms with Crippen LogP contribution in [0.25, 0.3) is 0 Å². The molecule has 6 nitrogen and oxygen atoms in total. The summed E-state index contributed by atoms with van der Waals surface area (Å²) >= 11 is 8.69. The van der Waals surface area contributed by atoms with Gasteiger partial charge in [-0.15, -0.1) is 10.2 Å². The first kappa shape index (κ1) is 16.9. The van der Waals surface area contributed by atoms with E-state index in [1.807, 2.05) is 0 Å². The summed E-state index contributed by atoms with van der Waals surface area (Å²) in [6.07, 6.45) is 0. The van der Waals surface area contributed by atoms with Crippen LogP contribution >= 0.6 is 34.7 Å². The Hall–Kier alpha value is -1.51. The van der Waals surface area contributed by atoms with E-state index in [9.17, 15) is 4.79 Å². The predicted octanol–water partition coefficient (Wildman–Crippen LogP) is 3.36. The van der Waals surface area contributed by atoms with Gasteiger partial charge in [0, 0.05) is 12.1 Å². The molecular weight excluding hydrogens is 344 g/mol. The fourth-order valence-corrected chi connectivity index (χ4v) is 3.60. The van der Waals surface area contributed by atoms with E-state index in [2.05, 4.69) is 20.8 Å². The zero-order valence-corrected chi connectivity index (χ0v) is 14.6. The molecule has 1 aromatic carbocycles. The van der Waals surface area contributed by atoms with Gasteiger partial charge in [0.2, 0.25) is 11.0 Å². The maximum Gasteiger partial charge on any atom is 0.237 e. The Morgan fingerprint density at radius 1 is 1.45 bits per heavy atom. The molecule has 0 aliphatic carbocycles. The zero-order valence-electron chi connectivity index (χ0n) is 12.2. The van der Waals surface area contributed by atoms with Gasteiger partial charge in [0.15, 0.2) is 4.34 Å². The number of nitrogens with zero attached hydrogens (tertiary/aromatic N) is 2. The first-order valence-electron chi connectivity index (χ1n) is 6.35. The van der Waals surface area contributed by atoms with Crippen LogP contribution < -0.4 is 15.4 Å². The zero-order chi connectivity index (χ0) is 16.1. The molecule has 2 rings (SSSR count). The number of halogens is 1. The number of hydrogen-bond donors (Lipinski definition) is 2. The fraction of sp³-hybridized carbons (Fsp3) is 0.308. The third-order valence-corrected chi connectivity index (χ3v) is 5.05.